The SMILES string of the molecule is Cc1ccc(N2CC(=O)N(Cc3ccc(C(F)(F)F)cc3)C3(CCC3)C2=O)c(F)c1. The van der Waals surface area contributed by atoms with Gasteiger partial charge in [-0.05, 0) is 61.6 Å². The monoisotopic (exact) mass is 420 g/mol. The van der Waals surface area contributed by atoms with Crippen molar-refractivity contribution >= 4 is 17.5 Å². The number of nitrogens with zero attached hydrogens (tertiary/aromatic N) is 2. The first-order chi connectivity index (χ1) is 14.1. The molecule has 30 heavy (non-hydrogen) atoms. The van der Waals surface area contributed by atoms with Crippen LogP contribution in [0.15, 0.2) is 42.5 Å². The van der Waals surface area contributed by atoms with E-state index in [4.69, 9.17) is 0 Å². The third kappa shape index (κ3) is 3.34. The summed E-state index contributed by atoms with van der Waals surface area (Å²) in [5.41, 5.74) is -0.569. The number of benzene rings is 2. The molecule has 1 aliphatic carbocycles. The minimum Gasteiger partial charge on any atom is -0.322 e. The van der Waals surface area contributed by atoms with Crippen molar-refractivity contribution in [2.24, 2.45) is 0 Å². The molecular formula is C22H20F4N2O2. The zero-order valence-corrected chi connectivity index (χ0v) is 16.3. The summed E-state index contributed by atoms with van der Waals surface area (Å²) in [6.07, 6.45) is -2.81. The van der Waals surface area contributed by atoms with Crippen LogP contribution in [0.5, 0.6) is 0 Å². The molecule has 4 rings (SSSR count). The molecule has 1 saturated heterocycles. The summed E-state index contributed by atoms with van der Waals surface area (Å²) in [4.78, 5) is 28.9. The van der Waals surface area contributed by atoms with Crippen molar-refractivity contribution in [1.82, 2.24) is 4.90 Å². The number of hydrogen-bond acceptors (Lipinski definition) is 2. The molecular weight excluding hydrogens is 400 g/mol. The molecule has 1 heterocycles. The van der Waals surface area contributed by atoms with Crippen molar-refractivity contribution in [2.45, 2.75) is 44.4 Å². The lowest BCUT2D eigenvalue weighted by molar-refractivity contribution is -0.158. The van der Waals surface area contributed by atoms with Crippen LogP contribution in [0.25, 0.3) is 0 Å². The van der Waals surface area contributed by atoms with E-state index in [0.717, 1.165) is 18.6 Å². The molecule has 0 radical (unpaired) electrons. The molecule has 2 amide bonds. The average molecular weight is 420 g/mol. The largest absolute Gasteiger partial charge is 0.416 e. The second kappa shape index (κ2) is 7.11. The number of amides is 2. The van der Waals surface area contributed by atoms with E-state index in [1.807, 2.05) is 0 Å². The van der Waals surface area contributed by atoms with Crippen LogP contribution in [-0.2, 0) is 22.3 Å². The van der Waals surface area contributed by atoms with Gasteiger partial charge in [-0.15, -0.1) is 0 Å². The van der Waals surface area contributed by atoms with Gasteiger partial charge in [-0.1, -0.05) is 18.2 Å². The fraction of sp³-hybridized carbons (Fsp3) is 0.364. The Labute approximate surface area is 171 Å². The highest BCUT2D eigenvalue weighted by Gasteiger charge is 2.56. The molecule has 2 aromatic carbocycles. The van der Waals surface area contributed by atoms with Crippen molar-refractivity contribution < 1.29 is 27.2 Å². The maximum absolute atomic E-state index is 14.5. The Morgan fingerprint density at radius 3 is 2.23 bits per heavy atom. The number of anilines is 1. The molecule has 0 N–H and O–H groups in total. The van der Waals surface area contributed by atoms with Crippen molar-refractivity contribution in [1.29, 1.82) is 0 Å². The van der Waals surface area contributed by atoms with Crippen LogP contribution in [0, 0.1) is 12.7 Å². The lowest BCUT2D eigenvalue weighted by Crippen LogP contribution is -2.70. The first kappa shape index (κ1) is 20.4. The number of aryl methyl sites for hydroxylation is 1. The van der Waals surface area contributed by atoms with E-state index in [1.54, 1.807) is 13.0 Å². The van der Waals surface area contributed by atoms with E-state index in [2.05, 4.69) is 0 Å². The molecule has 0 bridgehead atoms. The van der Waals surface area contributed by atoms with E-state index >= 15 is 0 Å². The minimum atomic E-state index is -4.44. The first-order valence-electron chi connectivity index (χ1n) is 9.66. The van der Waals surface area contributed by atoms with Crippen molar-refractivity contribution in [3.63, 3.8) is 0 Å². The second-order valence-corrected chi connectivity index (χ2v) is 7.91. The summed E-state index contributed by atoms with van der Waals surface area (Å²) in [5, 5.41) is 0. The van der Waals surface area contributed by atoms with Gasteiger partial charge >= 0.3 is 6.18 Å². The Morgan fingerprint density at radius 1 is 1.03 bits per heavy atom. The summed E-state index contributed by atoms with van der Waals surface area (Å²) in [7, 11) is 0. The van der Waals surface area contributed by atoms with Crippen molar-refractivity contribution in [3.05, 3.63) is 65.0 Å². The van der Waals surface area contributed by atoms with Gasteiger partial charge in [0.15, 0.2) is 0 Å². The minimum absolute atomic E-state index is 0.0347. The van der Waals surface area contributed by atoms with Gasteiger partial charge in [0.05, 0.1) is 11.3 Å². The maximum Gasteiger partial charge on any atom is 0.416 e. The van der Waals surface area contributed by atoms with Crippen LogP contribution in [-0.4, -0.2) is 28.8 Å². The third-order valence-electron chi connectivity index (χ3n) is 5.95. The molecule has 2 fully saturated rings. The number of carbonyl (C=O) groups excluding carboxylic acids is 2. The number of alkyl halides is 3. The van der Waals surface area contributed by atoms with Gasteiger partial charge in [-0.25, -0.2) is 4.39 Å². The summed E-state index contributed by atoms with van der Waals surface area (Å²) in [6.45, 7) is 1.46. The summed E-state index contributed by atoms with van der Waals surface area (Å²) < 4.78 is 52.9. The predicted octanol–water partition coefficient (Wildman–Crippen LogP) is 4.45. The van der Waals surface area contributed by atoms with Crippen molar-refractivity contribution in [3.8, 4) is 0 Å². The Hall–Kier alpha value is -2.90. The molecule has 8 heteroatoms. The lowest BCUT2D eigenvalue weighted by Gasteiger charge is -2.54. The Morgan fingerprint density at radius 2 is 1.70 bits per heavy atom. The Balaban J connectivity index is 1.62. The van der Waals surface area contributed by atoms with Crippen LogP contribution in [0.4, 0.5) is 23.2 Å². The Bertz CT molecular complexity index is 997. The topological polar surface area (TPSA) is 40.6 Å². The van der Waals surface area contributed by atoms with Crippen LogP contribution >= 0.6 is 0 Å². The van der Waals surface area contributed by atoms with Crippen LogP contribution in [0.3, 0.4) is 0 Å². The van der Waals surface area contributed by atoms with E-state index in [9.17, 15) is 27.2 Å². The molecule has 2 aliphatic rings. The molecule has 1 saturated carbocycles. The highest BCUT2D eigenvalue weighted by Crippen LogP contribution is 2.44. The molecule has 0 unspecified atom stereocenters. The zero-order chi connectivity index (χ0) is 21.7. The quantitative estimate of drug-likeness (QED) is 0.689. The normalized spacial score (nSPS) is 18.7. The van der Waals surface area contributed by atoms with E-state index in [0.29, 0.717) is 24.0 Å². The van der Waals surface area contributed by atoms with Crippen LogP contribution in [0.2, 0.25) is 0 Å². The number of carbonyl (C=O) groups is 2. The van der Waals surface area contributed by atoms with Crippen LogP contribution < -0.4 is 4.90 Å². The smallest absolute Gasteiger partial charge is 0.322 e. The number of hydrogen-bond donors (Lipinski definition) is 0. The molecule has 1 aliphatic heterocycles. The van der Waals surface area contributed by atoms with Gasteiger partial charge in [0.25, 0.3) is 5.91 Å². The summed E-state index contributed by atoms with van der Waals surface area (Å²) in [5.74, 6) is -1.26. The van der Waals surface area contributed by atoms with Gasteiger partial charge in [-0.3, -0.25) is 14.5 Å². The second-order valence-electron chi connectivity index (χ2n) is 7.91. The number of halogens is 4. The van der Waals surface area contributed by atoms with E-state index in [1.165, 1.54) is 34.1 Å². The number of piperazine rings is 1. The fourth-order valence-corrected chi connectivity index (χ4v) is 4.14. The maximum atomic E-state index is 14.5. The molecule has 2 aromatic rings. The Kier molecular flexibility index (Phi) is 4.83. The molecule has 0 atom stereocenters. The van der Waals surface area contributed by atoms with Gasteiger partial charge in [0.2, 0.25) is 5.91 Å². The summed E-state index contributed by atoms with van der Waals surface area (Å²) in [6, 6.07) is 9.05. The molecule has 158 valence electrons. The average Bonchev–Trinajstić information content (AvgIpc) is 2.63. The molecule has 4 nitrogen and oxygen atoms in total. The van der Waals surface area contributed by atoms with Gasteiger partial charge in [0, 0.05) is 6.54 Å². The van der Waals surface area contributed by atoms with Gasteiger partial charge < -0.3 is 4.90 Å². The van der Waals surface area contributed by atoms with E-state index in [-0.39, 0.29) is 30.6 Å². The fourth-order valence-electron chi connectivity index (χ4n) is 4.14. The predicted molar refractivity (Wildman–Crippen MR) is 102 cm³/mol. The summed E-state index contributed by atoms with van der Waals surface area (Å²) >= 11 is 0. The van der Waals surface area contributed by atoms with Gasteiger partial charge in [-0.2, -0.15) is 13.2 Å². The van der Waals surface area contributed by atoms with Gasteiger partial charge in [0.1, 0.15) is 17.9 Å². The molecule has 1 spiro atoms. The zero-order valence-electron chi connectivity index (χ0n) is 16.3. The highest BCUT2D eigenvalue weighted by atomic mass is 19.4. The lowest BCUT2D eigenvalue weighted by atomic mass is 9.72. The van der Waals surface area contributed by atoms with Crippen LogP contribution in [0.1, 0.15) is 36.0 Å². The first-order valence-corrected chi connectivity index (χ1v) is 9.66. The number of rotatable bonds is 3. The molecule has 0 aromatic heterocycles. The third-order valence-corrected chi connectivity index (χ3v) is 5.95. The van der Waals surface area contributed by atoms with Crippen molar-refractivity contribution in [2.75, 3.05) is 11.4 Å². The standard InChI is InChI=1S/C22H20F4N2O2/c1-14-3-8-18(17(23)11-14)27-13-19(29)28(21(20(27)30)9-2-10-21)12-15-4-6-16(7-5-15)22(24,25)26/h3-8,11H,2,9-10,12-13H2,1H3. The van der Waals surface area contributed by atoms with E-state index < -0.39 is 23.1 Å². The highest BCUT2D eigenvalue weighted by molar-refractivity contribution is 6.09.